The molecule has 47 heavy (non-hydrogen) atoms. The number of nitrogens with zero attached hydrogens (tertiary/aromatic N) is 4. The summed E-state index contributed by atoms with van der Waals surface area (Å²) >= 11 is 0. The van der Waals surface area contributed by atoms with Crippen LogP contribution in [0.1, 0.15) is 0 Å². The van der Waals surface area contributed by atoms with Crippen molar-refractivity contribution in [3.8, 4) is 51.0 Å². The molecule has 0 radical (unpaired) electrons. The van der Waals surface area contributed by atoms with Crippen LogP contribution in [0.25, 0.3) is 83.6 Å². The van der Waals surface area contributed by atoms with E-state index in [0.29, 0.717) is 17.5 Å². The second kappa shape index (κ2) is 11.2. The van der Waals surface area contributed by atoms with Gasteiger partial charge in [-0.05, 0) is 46.2 Å². The van der Waals surface area contributed by atoms with Crippen LogP contribution in [0.3, 0.4) is 0 Å². The number of hydrogen-bond acceptors (Lipinski definition) is 3. The lowest BCUT2D eigenvalue weighted by Crippen LogP contribution is -2.01. The van der Waals surface area contributed by atoms with Crippen LogP contribution in [0, 0.1) is 0 Å². The van der Waals surface area contributed by atoms with Crippen LogP contribution in [0.2, 0.25) is 0 Å². The first-order valence-electron chi connectivity index (χ1n) is 15.8. The van der Waals surface area contributed by atoms with E-state index in [4.69, 9.17) is 15.0 Å². The molecule has 0 spiro atoms. The van der Waals surface area contributed by atoms with E-state index in [0.717, 1.165) is 33.5 Å². The van der Waals surface area contributed by atoms with Crippen LogP contribution in [0.5, 0.6) is 0 Å². The number of hydrogen-bond donors (Lipinski definition) is 0. The molecule has 0 amide bonds. The summed E-state index contributed by atoms with van der Waals surface area (Å²) in [7, 11) is 0. The van der Waals surface area contributed by atoms with Gasteiger partial charge < -0.3 is 4.57 Å². The summed E-state index contributed by atoms with van der Waals surface area (Å²) in [6, 6.07) is 59.2. The van der Waals surface area contributed by atoms with Crippen molar-refractivity contribution in [2.75, 3.05) is 0 Å². The van der Waals surface area contributed by atoms with Crippen molar-refractivity contribution >= 4 is 32.6 Å². The zero-order chi connectivity index (χ0) is 31.2. The monoisotopic (exact) mass is 600 g/mol. The highest BCUT2D eigenvalue weighted by molar-refractivity contribution is 6.21. The summed E-state index contributed by atoms with van der Waals surface area (Å²) in [6.45, 7) is 0. The third kappa shape index (κ3) is 4.66. The topological polar surface area (TPSA) is 43.6 Å². The van der Waals surface area contributed by atoms with Gasteiger partial charge in [0.2, 0.25) is 0 Å². The molecule has 0 aliphatic heterocycles. The van der Waals surface area contributed by atoms with E-state index in [-0.39, 0.29) is 0 Å². The van der Waals surface area contributed by atoms with Gasteiger partial charge in [0.15, 0.2) is 17.5 Å². The maximum atomic E-state index is 5.04. The Labute approximate surface area is 272 Å². The molecule has 0 saturated heterocycles. The Hall–Kier alpha value is -6.39. The Kier molecular flexibility index (Phi) is 6.43. The minimum Gasteiger partial charge on any atom is -0.309 e. The van der Waals surface area contributed by atoms with E-state index in [1.165, 1.54) is 32.6 Å². The van der Waals surface area contributed by atoms with Crippen molar-refractivity contribution in [3.63, 3.8) is 0 Å². The number of aromatic nitrogens is 4. The zero-order valence-electron chi connectivity index (χ0n) is 25.5. The molecule has 0 aliphatic carbocycles. The van der Waals surface area contributed by atoms with Gasteiger partial charge in [0, 0.05) is 33.2 Å². The average molecular weight is 601 g/mol. The first-order valence-corrected chi connectivity index (χ1v) is 15.8. The van der Waals surface area contributed by atoms with Crippen LogP contribution in [-0.4, -0.2) is 19.5 Å². The van der Waals surface area contributed by atoms with Crippen molar-refractivity contribution in [2.45, 2.75) is 0 Å². The molecule has 0 N–H and O–H groups in total. The van der Waals surface area contributed by atoms with Gasteiger partial charge in [-0.1, -0.05) is 146 Å². The van der Waals surface area contributed by atoms with Crippen LogP contribution in [0.4, 0.5) is 0 Å². The molecule has 4 nitrogen and oxygen atoms in total. The molecule has 7 aromatic carbocycles. The maximum absolute atomic E-state index is 5.04. The van der Waals surface area contributed by atoms with Crippen LogP contribution >= 0.6 is 0 Å². The molecule has 0 saturated carbocycles. The van der Waals surface area contributed by atoms with Crippen LogP contribution in [-0.2, 0) is 0 Å². The van der Waals surface area contributed by atoms with Gasteiger partial charge in [-0.25, -0.2) is 15.0 Å². The molecule has 4 heteroatoms. The molecule has 220 valence electrons. The summed E-state index contributed by atoms with van der Waals surface area (Å²) in [5.74, 6) is 1.94. The van der Waals surface area contributed by atoms with Crippen molar-refractivity contribution in [1.29, 1.82) is 0 Å². The molecule has 0 aliphatic rings. The highest BCUT2D eigenvalue weighted by Gasteiger charge is 2.18. The third-order valence-electron chi connectivity index (χ3n) is 8.84. The first-order chi connectivity index (χ1) is 23.3. The summed E-state index contributed by atoms with van der Waals surface area (Å²) in [5, 5.41) is 5.03. The maximum Gasteiger partial charge on any atom is 0.164 e. The van der Waals surface area contributed by atoms with E-state index in [1.54, 1.807) is 0 Å². The van der Waals surface area contributed by atoms with E-state index in [9.17, 15) is 0 Å². The average Bonchev–Trinajstić information content (AvgIpc) is 3.50. The van der Waals surface area contributed by atoms with Crippen LogP contribution < -0.4 is 0 Å². The van der Waals surface area contributed by atoms with Crippen molar-refractivity contribution in [2.24, 2.45) is 0 Å². The standard InChI is InChI=1S/C43H28N4/c1-3-15-30(16-4-1)41-44-42(31-17-5-2-6-18-31)46-43(45-41)36-23-10-9-21-34(36)32-19-13-20-33(28-32)47-38-25-12-11-24-37(38)40-35-22-8-7-14-29(35)26-27-39(40)47/h1-28H. The highest BCUT2D eigenvalue weighted by atomic mass is 15.0. The number of benzene rings is 7. The predicted octanol–water partition coefficient (Wildman–Crippen LogP) is 10.8. The van der Waals surface area contributed by atoms with E-state index in [1.807, 2.05) is 60.7 Å². The Morgan fingerprint density at radius 1 is 0.362 bits per heavy atom. The molecule has 9 aromatic rings. The van der Waals surface area contributed by atoms with Gasteiger partial charge in [-0.3, -0.25) is 0 Å². The van der Waals surface area contributed by atoms with Gasteiger partial charge >= 0.3 is 0 Å². The minimum atomic E-state index is 0.641. The Morgan fingerprint density at radius 3 is 1.68 bits per heavy atom. The molecular formula is C43H28N4. The molecule has 0 fully saturated rings. The Morgan fingerprint density at radius 2 is 0.936 bits per heavy atom. The predicted molar refractivity (Wildman–Crippen MR) is 193 cm³/mol. The summed E-state index contributed by atoms with van der Waals surface area (Å²) in [4.78, 5) is 15.0. The summed E-state index contributed by atoms with van der Waals surface area (Å²) in [6.07, 6.45) is 0. The first kappa shape index (κ1) is 27.0. The summed E-state index contributed by atoms with van der Waals surface area (Å²) < 4.78 is 2.38. The quantitative estimate of drug-likeness (QED) is 0.197. The minimum absolute atomic E-state index is 0.641. The molecule has 9 rings (SSSR count). The molecule has 2 heterocycles. The molecule has 0 unspecified atom stereocenters. The van der Waals surface area contributed by atoms with Crippen molar-refractivity contribution < 1.29 is 0 Å². The SMILES string of the molecule is c1ccc(-c2nc(-c3ccccc3)nc(-c3ccccc3-c3cccc(-n4c5ccccc5c5c6ccccc6ccc54)c3)n2)cc1. The van der Waals surface area contributed by atoms with E-state index in [2.05, 4.69) is 114 Å². The smallest absolute Gasteiger partial charge is 0.164 e. The highest BCUT2D eigenvalue weighted by Crippen LogP contribution is 2.38. The molecule has 0 atom stereocenters. The fraction of sp³-hybridized carbons (Fsp3) is 0. The lowest BCUT2D eigenvalue weighted by Gasteiger charge is -2.14. The van der Waals surface area contributed by atoms with Gasteiger partial charge in [0.05, 0.1) is 11.0 Å². The van der Waals surface area contributed by atoms with E-state index >= 15 is 0 Å². The molecular weight excluding hydrogens is 573 g/mol. The fourth-order valence-electron chi connectivity index (χ4n) is 6.69. The number of para-hydroxylation sites is 1. The number of rotatable bonds is 5. The summed E-state index contributed by atoms with van der Waals surface area (Å²) in [5.41, 5.74) is 8.48. The zero-order valence-corrected chi connectivity index (χ0v) is 25.5. The second-order valence-electron chi connectivity index (χ2n) is 11.7. The Bertz CT molecular complexity index is 2510. The lowest BCUT2D eigenvalue weighted by atomic mass is 9.98. The molecule has 0 bridgehead atoms. The van der Waals surface area contributed by atoms with Gasteiger partial charge in [0.1, 0.15) is 0 Å². The van der Waals surface area contributed by atoms with Gasteiger partial charge in [0.25, 0.3) is 0 Å². The largest absolute Gasteiger partial charge is 0.309 e. The van der Waals surface area contributed by atoms with E-state index < -0.39 is 0 Å². The van der Waals surface area contributed by atoms with Gasteiger partial charge in [-0.2, -0.15) is 0 Å². The fourth-order valence-corrected chi connectivity index (χ4v) is 6.69. The van der Waals surface area contributed by atoms with Crippen molar-refractivity contribution in [1.82, 2.24) is 19.5 Å². The third-order valence-corrected chi connectivity index (χ3v) is 8.84. The van der Waals surface area contributed by atoms with Crippen LogP contribution in [0.15, 0.2) is 170 Å². The second-order valence-corrected chi connectivity index (χ2v) is 11.7. The Balaban J connectivity index is 1.24. The van der Waals surface area contributed by atoms with Gasteiger partial charge in [-0.15, -0.1) is 0 Å². The normalized spacial score (nSPS) is 11.4. The van der Waals surface area contributed by atoms with Crippen molar-refractivity contribution in [3.05, 3.63) is 170 Å². The lowest BCUT2D eigenvalue weighted by molar-refractivity contribution is 1.07. The molecule has 2 aromatic heterocycles. The number of fused-ring (bicyclic) bond motifs is 5.